The van der Waals surface area contributed by atoms with E-state index in [-0.39, 0.29) is 0 Å². The lowest BCUT2D eigenvalue weighted by Gasteiger charge is -2.11. The Morgan fingerprint density at radius 2 is 2.11 bits per heavy atom. The van der Waals surface area contributed by atoms with Crippen molar-refractivity contribution in [2.75, 3.05) is 17.2 Å². The normalized spacial score (nSPS) is 15.8. The van der Waals surface area contributed by atoms with Gasteiger partial charge in [0.15, 0.2) is 0 Å². The summed E-state index contributed by atoms with van der Waals surface area (Å²) in [4.78, 5) is 4.44. The molecular formula is C13H23N5. The van der Waals surface area contributed by atoms with E-state index in [1.165, 1.54) is 44.9 Å². The van der Waals surface area contributed by atoms with Crippen molar-refractivity contribution in [3.8, 4) is 0 Å². The van der Waals surface area contributed by atoms with E-state index in [0.29, 0.717) is 12.0 Å². The zero-order valence-corrected chi connectivity index (χ0v) is 11.2. The molecule has 18 heavy (non-hydrogen) atoms. The van der Waals surface area contributed by atoms with Crippen LogP contribution >= 0.6 is 0 Å². The Balaban J connectivity index is 1.80. The van der Waals surface area contributed by atoms with Crippen LogP contribution in [0.2, 0.25) is 0 Å². The molecule has 5 heteroatoms. The van der Waals surface area contributed by atoms with Crippen molar-refractivity contribution in [2.45, 2.75) is 57.9 Å². The fourth-order valence-corrected chi connectivity index (χ4v) is 2.29. The van der Waals surface area contributed by atoms with Gasteiger partial charge in [0, 0.05) is 12.6 Å². The molecular weight excluding hydrogens is 226 g/mol. The first-order valence-electron chi connectivity index (χ1n) is 7.08. The first kappa shape index (κ1) is 13.1. The minimum Gasteiger partial charge on any atom is -0.369 e. The number of nitrogens with zero attached hydrogens (tertiary/aromatic N) is 3. The summed E-state index contributed by atoms with van der Waals surface area (Å²) in [7, 11) is 0. The second-order valence-electron chi connectivity index (χ2n) is 4.92. The summed E-state index contributed by atoms with van der Waals surface area (Å²) in [5.41, 5.74) is 0. The standard InChI is InChI=1S/C13H23N5/c1-2-3-6-9-14-12-10-15-18-13(17-12)16-11-7-4-5-8-11/h10-11H,2-9H2,1H3,(H2,14,16,17,18). The van der Waals surface area contributed by atoms with E-state index in [4.69, 9.17) is 0 Å². The highest BCUT2D eigenvalue weighted by Gasteiger charge is 2.15. The molecule has 2 N–H and O–H groups in total. The Labute approximate surface area is 109 Å². The lowest BCUT2D eigenvalue weighted by atomic mass is 10.2. The van der Waals surface area contributed by atoms with E-state index in [1.807, 2.05) is 0 Å². The van der Waals surface area contributed by atoms with Crippen LogP contribution in [-0.4, -0.2) is 27.8 Å². The Hall–Kier alpha value is -1.39. The summed E-state index contributed by atoms with van der Waals surface area (Å²) in [5.74, 6) is 1.48. The van der Waals surface area contributed by atoms with Crippen molar-refractivity contribution < 1.29 is 0 Å². The van der Waals surface area contributed by atoms with Crippen molar-refractivity contribution in [1.82, 2.24) is 15.2 Å². The van der Waals surface area contributed by atoms with Gasteiger partial charge >= 0.3 is 0 Å². The summed E-state index contributed by atoms with van der Waals surface area (Å²) >= 11 is 0. The smallest absolute Gasteiger partial charge is 0.244 e. The molecule has 0 saturated heterocycles. The van der Waals surface area contributed by atoms with Crippen LogP contribution < -0.4 is 10.6 Å². The maximum Gasteiger partial charge on any atom is 0.244 e. The minimum atomic E-state index is 0.530. The third-order valence-electron chi connectivity index (χ3n) is 3.33. The number of nitrogens with one attached hydrogen (secondary N) is 2. The number of unbranched alkanes of at least 4 members (excludes halogenated alkanes) is 2. The van der Waals surface area contributed by atoms with E-state index in [0.717, 1.165) is 12.4 Å². The van der Waals surface area contributed by atoms with E-state index in [2.05, 4.69) is 32.7 Å². The molecule has 1 aromatic heterocycles. The Bertz CT molecular complexity index is 349. The zero-order valence-electron chi connectivity index (χ0n) is 11.2. The van der Waals surface area contributed by atoms with Crippen molar-refractivity contribution in [2.24, 2.45) is 0 Å². The molecule has 0 radical (unpaired) electrons. The third kappa shape index (κ3) is 4.13. The number of hydrogen-bond donors (Lipinski definition) is 2. The second kappa shape index (κ2) is 7.13. The molecule has 1 aromatic rings. The summed E-state index contributed by atoms with van der Waals surface area (Å²) in [6.45, 7) is 3.16. The van der Waals surface area contributed by atoms with Gasteiger partial charge in [0.25, 0.3) is 0 Å². The average molecular weight is 249 g/mol. The summed E-state index contributed by atoms with van der Waals surface area (Å²) in [6.07, 6.45) is 10.4. The van der Waals surface area contributed by atoms with Gasteiger partial charge in [-0.2, -0.15) is 10.1 Å². The fraction of sp³-hybridized carbons (Fsp3) is 0.769. The van der Waals surface area contributed by atoms with E-state index < -0.39 is 0 Å². The highest BCUT2D eigenvalue weighted by atomic mass is 15.3. The van der Waals surface area contributed by atoms with Crippen LogP contribution in [0.1, 0.15) is 51.9 Å². The van der Waals surface area contributed by atoms with Gasteiger partial charge in [-0.05, 0) is 19.3 Å². The quantitative estimate of drug-likeness (QED) is 0.728. The minimum absolute atomic E-state index is 0.530. The molecule has 0 aliphatic heterocycles. The van der Waals surface area contributed by atoms with Crippen molar-refractivity contribution in [1.29, 1.82) is 0 Å². The van der Waals surface area contributed by atoms with Gasteiger partial charge in [-0.1, -0.05) is 32.6 Å². The van der Waals surface area contributed by atoms with Gasteiger partial charge in [-0.3, -0.25) is 0 Å². The van der Waals surface area contributed by atoms with Crippen molar-refractivity contribution in [3.05, 3.63) is 6.20 Å². The van der Waals surface area contributed by atoms with Gasteiger partial charge in [0.1, 0.15) is 5.82 Å². The monoisotopic (exact) mass is 249 g/mol. The topological polar surface area (TPSA) is 62.7 Å². The van der Waals surface area contributed by atoms with Gasteiger partial charge in [-0.15, -0.1) is 5.10 Å². The molecule has 1 saturated carbocycles. The lowest BCUT2D eigenvalue weighted by Crippen LogP contribution is -2.17. The average Bonchev–Trinajstić information content (AvgIpc) is 2.88. The van der Waals surface area contributed by atoms with Crippen LogP contribution in [0.4, 0.5) is 11.8 Å². The van der Waals surface area contributed by atoms with Crippen molar-refractivity contribution in [3.63, 3.8) is 0 Å². The molecule has 0 unspecified atom stereocenters. The highest BCUT2D eigenvalue weighted by Crippen LogP contribution is 2.20. The number of aromatic nitrogens is 3. The van der Waals surface area contributed by atoms with Crippen LogP contribution in [-0.2, 0) is 0 Å². The van der Waals surface area contributed by atoms with Crippen LogP contribution in [0.15, 0.2) is 6.20 Å². The zero-order chi connectivity index (χ0) is 12.6. The largest absolute Gasteiger partial charge is 0.369 e. The molecule has 1 heterocycles. The molecule has 1 fully saturated rings. The predicted molar refractivity (Wildman–Crippen MR) is 73.7 cm³/mol. The molecule has 0 bridgehead atoms. The maximum atomic E-state index is 4.44. The van der Waals surface area contributed by atoms with Gasteiger partial charge < -0.3 is 10.6 Å². The van der Waals surface area contributed by atoms with Crippen molar-refractivity contribution >= 4 is 11.8 Å². The fourth-order valence-electron chi connectivity index (χ4n) is 2.29. The number of anilines is 2. The van der Waals surface area contributed by atoms with Crippen LogP contribution in [0.25, 0.3) is 0 Å². The molecule has 5 nitrogen and oxygen atoms in total. The van der Waals surface area contributed by atoms with Gasteiger partial charge in [-0.25, -0.2) is 0 Å². The summed E-state index contributed by atoms with van der Waals surface area (Å²) in [6, 6.07) is 0.530. The second-order valence-corrected chi connectivity index (χ2v) is 4.92. The molecule has 1 aliphatic rings. The molecule has 0 atom stereocenters. The first-order valence-corrected chi connectivity index (χ1v) is 7.08. The first-order chi connectivity index (χ1) is 8.88. The van der Waals surface area contributed by atoms with Gasteiger partial charge in [0.2, 0.25) is 5.95 Å². The molecule has 2 rings (SSSR count). The van der Waals surface area contributed by atoms with Crippen LogP contribution in [0, 0.1) is 0 Å². The summed E-state index contributed by atoms with van der Waals surface area (Å²) < 4.78 is 0. The Morgan fingerprint density at radius 1 is 1.28 bits per heavy atom. The predicted octanol–water partition coefficient (Wildman–Crippen LogP) is 2.83. The third-order valence-corrected chi connectivity index (χ3v) is 3.33. The van der Waals surface area contributed by atoms with E-state index in [1.54, 1.807) is 6.20 Å². The maximum absolute atomic E-state index is 4.44. The molecule has 100 valence electrons. The number of rotatable bonds is 7. The summed E-state index contributed by atoms with van der Waals surface area (Å²) in [5, 5.41) is 14.7. The SMILES string of the molecule is CCCCCNc1cnnc(NC2CCCC2)n1. The molecule has 0 amide bonds. The van der Waals surface area contributed by atoms with E-state index >= 15 is 0 Å². The number of hydrogen-bond acceptors (Lipinski definition) is 5. The highest BCUT2D eigenvalue weighted by molar-refractivity contribution is 5.37. The van der Waals surface area contributed by atoms with Gasteiger partial charge in [0.05, 0.1) is 6.20 Å². The van der Waals surface area contributed by atoms with Crippen LogP contribution in [0.3, 0.4) is 0 Å². The molecule has 0 spiro atoms. The lowest BCUT2D eigenvalue weighted by molar-refractivity contribution is 0.732. The molecule has 1 aliphatic carbocycles. The van der Waals surface area contributed by atoms with E-state index in [9.17, 15) is 0 Å². The Kier molecular flexibility index (Phi) is 5.17. The Morgan fingerprint density at radius 3 is 2.89 bits per heavy atom. The molecule has 0 aromatic carbocycles. The van der Waals surface area contributed by atoms with Crippen LogP contribution in [0.5, 0.6) is 0 Å².